The lowest BCUT2D eigenvalue weighted by Gasteiger charge is -2.34. The molecule has 0 amide bonds. The highest BCUT2D eigenvalue weighted by atomic mass is 16.5. The minimum absolute atomic E-state index is 0.774. The summed E-state index contributed by atoms with van der Waals surface area (Å²) < 4.78 is 12.3. The number of hydrogen-bond acceptors (Lipinski definition) is 2. The molecule has 3 aliphatic carbocycles. The first-order chi connectivity index (χ1) is 12.3. The number of hydrogen-bond donors (Lipinski definition) is 0. The molecule has 0 aliphatic heterocycles. The SMILES string of the molecule is CC1CC(COCC2CCCCC2)CC(COCC2CCCCC2)C1. The molecule has 2 unspecified atom stereocenters. The van der Waals surface area contributed by atoms with Crippen LogP contribution >= 0.6 is 0 Å². The van der Waals surface area contributed by atoms with E-state index in [1.807, 2.05) is 0 Å². The molecule has 0 aromatic carbocycles. The summed E-state index contributed by atoms with van der Waals surface area (Å²) in [7, 11) is 0. The van der Waals surface area contributed by atoms with Crippen molar-refractivity contribution in [1.82, 2.24) is 0 Å². The maximum absolute atomic E-state index is 6.17. The Morgan fingerprint density at radius 2 is 0.920 bits per heavy atom. The lowest BCUT2D eigenvalue weighted by Crippen LogP contribution is -2.28. The minimum Gasteiger partial charge on any atom is -0.381 e. The second kappa shape index (κ2) is 10.9. The van der Waals surface area contributed by atoms with Gasteiger partial charge in [-0.3, -0.25) is 0 Å². The van der Waals surface area contributed by atoms with Crippen LogP contribution in [-0.4, -0.2) is 26.4 Å². The van der Waals surface area contributed by atoms with E-state index in [0.717, 1.165) is 56.0 Å². The molecule has 0 saturated heterocycles. The van der Waals surface area contributed by atoms with Crippen molar-refractivity contribution in [2.24, 2.45) is 29.6 Å². The number of ether oxygens (including phenoxy) is 2. The third kappa shape index (κ3) is 7.21. The largest absolute Gasteiger partial charge is 0.381 e. The van der Waals surface area contributed by atoms with E-state index in [1.165, 1.54) is 83.5 Å². The molecular formula is C23H42O2. The van der Waals surface area contributed by atoms with E-state index >= 15 is 0 Å². The van der Waals surface area contributed by atoms with Crippen LogP contribution in [0.4, 0.5) is 0 Å². The van der Waals surface area contributed by atoms with Crippen LogP contribution in [-0.2, 0) is 9.47 Å². The smallest absolute Gasteiger partial charge is 0.0494 e. The van der Waals surface area contributed by atoms with Gasteiger partial charge in [-0.15, -0.1) is 0 Å². The summed E-state index contributed by atoms with van der Waals surface area (Å²) in [6.07, 6.45) is 18.3. The maximum Gasteiger partial charge on any atom is 0.0494 e. The van der Waals surface area contributed by atoms with Crippen molar-refractivity contribution in [3.63, 3.8) is 0 Å². The van der Waals surface area contributed by atoms with Gasteiger partial charge in [0.15, 0.2) is 0 Å². The molecule has 0 radical (unpaired) electrons. The van der Waals surface area contributed by atoms with Crippen LogP contribution in [0.2, 0.25) is 0 Å². The Labute approximate surface area is 156 Å². The van der Waals surface area contributed by atoms with E-state index in [1.54, 1.807) is 0 Å². The van der Waals surface area contributed by atoms with Gasteiger partial charge in [0, 0.05) is 26.4 Å². The third-order valence-electron chi connectivity index (χ3n) is 7.00. The fourth-order valence-corrected chi connectivity index (χ4v) is 5.68. The highest BCUT2D eigenvalue weighted by molar-refractivity contribution is 4.77. The van der Waals surface area contributed by atoms with Crippen molar-refractivity contribution in [3.8, 4) is 0 Å². The first-order valence-electron chi connectivity index (χ1n) is 11.4. The molecular weight excluding hydrogens is 308 g/mol. The molecule has 0 aromatic rings. The van der Waals surface area contributed by atoms with Crippen molar-refractivity contribution < 1.29 is 9.47 Å². The van der Waals surface area contributed by atoms with Crippen molar-refractivity contribution >= 4 is 0 Å². The molecule has 0 spiro atoms. The normalized spacial score (nSPS) is 32.8. The third-order valence-corrected chi connectivity index (χ3v) is 7.00. The van der Waals surface area contributed by atoms with Gasteiger partial charge < -0.3 is 9.47 Å². The average Bonchev–Trinajstić information content (AvgIpc) is 2.63. The molecule has 0 bridgehead atoms. The number of rotatable bonds is 8. The van der Waals surface area contributed by atoms with Crippen molar-refractivity contribution in [3.05, 3.63) is 0 Å². The van der Waals surface area contributed by atoms with Crippen LogP contribution < -0.4 is 0 Å². The topological polar surface area (TPSA) is 18.5 Å². The van der Waals surface area contributed by atoms with Crippen LogP contribution in [0.5, 0.6) is 0 Å². The van der Waals surface area contributed by atoms with Gasteiger partial charge in [-0.25, -0.2) is 0 Å². The highest BCUT2D eigenvalue weighted by Crippen LogP contribution is 2.34. The van der Waals surface area contributed by atoms with Crippen LogP contribution in [0.3, 0.4) is 0 Å². The predicted molar refractivity (Wildman–Crippen MR) is 105 cm³/mol. The maximum atomic E-state index is 6.17. The second-order valence-electron chi connectivity index (χ2n) is 9.63. The van der Waals surface area contributed by atoms with Gasteiger partial charge in [-0.1, -0.05) is 45.4 Å². The van der Waals surface area contributed by atoms with E-state index in [2.05, 4.69) is 6.92 Å². The summed E-state index contributed by atoms with van der Waals surface area (Å²) >= 11 is 0. The van der Waals surface area contributed by atoms with Crippen LogP contribution in [0, 0.1) is 29.6 Å². The van der Waals surface area contributed by atoms with E-state index in [4.69, 9.17) is 9.47 Å². The molecule has 0 heterocycles. The zero-order chi connectivity index (χ0) is 17.3. The van der Waals surface area contributed by atoms with Crippen molar-refractivity contribution in [1.29, 1.82) is 0 Å². The molecule has 2 atom stereocenters. The molecule has 3 rings (SSSR count). The standard InChI is InChI=1S/C23H42O2/c1-19-12-22(17-24-15-20-8-4-2-5-9-20)14-23(13-19)18-25-16-21-10-6-3-7-11-21/h19-23H,2-18H2,1H3. The molecule has 0 aromatic heterocycles. The fourth-order valence-electron chi connectivity index (χ4n) is 5.68. The Kier molecular flexibility index (Phi) is 8.60. The Morgan fingerprint density at radius 3 is 1.36 bits per heavy atom. The molecule has 2 nitrogen and oxygen atoms in total. The van der Waals surface area contributed by atoms with E-state index in [9.17, 15) is 0 Å². The van der Waals surface area contributed by atoms with E-state index in [0.29, 0.717) is 0 Å². The van der Waals surface area contributed by atoms with Gasteiger partial charge in [0.05, 0.1) is 0 Å². The van der Waals surface area contributed by atoms with Gasteiger partial charge in [-0.2, -0.15) is 0 Å². The summed E-state index contributed by atoms with van der Waals surface area (Å²) in [5.74, 6) is 4.10. The monoisotopic (exact) mass is 350 g/mol. The molecule has 0 N–H and O–H groups in total. The summed E-state index contributed by atoms with van der Waals surface area (Å²) in [4.78, 5) is 0. The fraction of sp³-hybridized carbons (Fsp3) is 1.00. The summed E-state index contributed by atoms with van der Waals surface area (Å²) in [6, 6.07) is 0. The van der Waals surface area contributed by atoms with Gasteiger partial charge in [0.1, 0.15) is 0 Å². The molecule has 25 heavy (non-hydrogen) atoms. The molecule has 2 heteroatoms. The zero-order valence-electron chi connectivity index (χ0n) is 16.7. The molecule has 3 fully saturated rings. The Morgan fingerprint density at radius 1 is 0.520 bits per heavy atom. The molecule has 146 valence electrons. The molecule has 3 saturated carbocycles. The van der Waals surface area contributed by atoms with Gasteiger partial charge in [-0.05, 0) is 74.5 Å². The highest BCUT2D eigenvalue weighted by Gasteiger charge is 2.27. The Hall–Kier alpha value is -0.0800. The average molecular weight is 351 g/mol. The second-order valence-corrected chi connectivity index (χ2v) is 9.63. The van der Waals surface area contributed by atoms with Crippen molar-refractivity contribution in [2.75, 3.05) is 26.4 Å². The molecule has 3 aliphatic rings. The van der Waals surface area contributed by atoms with Gasteiger partial charge in [0.25, 0.3) is 0 Å². The van der Waals surface area contributed by atoms with E-state index < -0.39 is 0 Å². The quantitative estimate of drug-likeness (QED) is 0.516. The zero-order valence-corrected chi connectivity index (χ0v) is 16.7. The van der Waals surface area contributed by atoms with Gasteiger partial charge >= 0.3 is 0 Å². The predicted octanol–water partition coefficient (Wildman–Crippen LogP) is 6.23. The lowest BCUT2D eigenvalue weighted by atomic mass is 9.76. The van der Waals surface area contributed by atoms with E-state index in [-0.39, 0.29) is 0 Å². The minimum atomic E-state index is 0.774. The lowest BCUT2D eigenvalue weighted by molar-refractivity contribution is 0.00674. The van der Waals surface area contributed by atoms with Crippen LogP contribution in [0.25, 0.3) is 0 Å². The first-order valence-corrected chi connectivity index (χ1v) is 11.4. The first kappa shape index (κ1) is 19.7. The van der Waals surface area contributed by atoms with Crippen LogP contribution in [0.15, 0.2) is 0 Å². The summed E-state index contributed by atoms with van der Waals surface area (Å²) in [6.45, 7) is 6.48. The summed E-state index contributed by atoms with van der Waals surface area (Å²) in [5.41, 5.74) is 0. The van der Waals surface area contributed by atoms with Crippen molar-refractivity contribution in [2.45, 2.75) is 90.4 Å². The Bertz CT molecular complexity index is 312. The van der Waals surface area contributed by atoms with Crippen LogP contribution in [0.1, 0.15) is 90.4 Å². The Balaban J connectivity index is 1.30. The van der Waals surface area contributed by atoms with Gasteiger partial charge in [0.2, 0.25) is 0 Å². The summed E-state index contributed by atoms with van der Waals surface area (Å²) in [5, 5.41) is 0.